The lowest BCUT2D eigenvalue weighted by Crippen LogP contribution is -2.54. The molecule has 124 valence electrons. The molecule has 7 nitrogen and oxygen atoms in total. The van der Waals surface area contributed by atoms with E-state index in [2.05, 4.69) is 0 Å². The van der Waals surface area contributed by atoms with E-state index in [9.17, 15) is 18.0 Å². The summed E-state index contributed by atoms with van der Waals surface area (Å²) in [5, 5.41) is 2.53. The summed E-state index contributed by atoms with van der Waals surface area (Å²) in [6.45, 7) is 5.73. The molecule has 0 aromatic rings. The van der Waals surface area contributed by atoms with E-state index in [4.69, 9.17) is 4.74 Å². The van der Waals surface area contributed by atoms with E-state index in [1.165, 1.54) is 10.0 Å². The van der Waals surface area contributed by atoms with Gasteiger partial charge in [-0.25, -0.2) is 23.2 Å². The number of rotatable bonds is 1. The average molecular weight is 330 g/mol. The van der Waals surface area contributed by atoms with Crippen molar-refractivity contribution in [2.75, 3.05) is 24.6 Å². The van der Waals surface area contributed by atoms with E-state index in [0.29, 0.717) is 6.42 Å². The van der Waals surface area contributed by atoms with Gasteiger partial charge in [0, 0.05) is 0 Å². The number of amides is 2. The van der Waals surface area contributed by atoms with Crippen molar-refractivity contribution in [2.24, 2.45) is 5.92 Å². The first kappa shape index (κ1) is 16.8. The minimum absolute atomic E-state index is 0.0273. The Morgan fingerprint density at radius 3 is 2.23 bits per heavy atom. The summed E-state index contributed by atoms with van der Waals surface area (Å²) in [5.74, 6) is -1.04. The average Bonchev–Trinajstić information content (AvgIpc) is 2.76. The lowest BCUT2D eigenvalue weighted by Gasteiger charge is -2.37. The van der Waals surface area contributed by atoms with E-state index in [1.54, 1.807) is 32.9 Å². The van der Waals surface area contributed by atoms with Gasteiger partial charge in [0.05, 0.1) is 30.5 Å². The summed E-state index contributed by atoms with van der Waals surface area (Å²) in [5.41, 5.74) is -0.663. The fourth-order valence-corrected chi connectivity index (χ4v) is 4.18. The molecule has 0 aliphatic carbocycles. The third kappa shape index (κ3) is 4.00. The van der Waals surface area contributed by atoms with Gasteiger partial charge in [-0.15, -0.1) is 0 Å². The fraction of sp³-hybridized carbons (Fsp3) is 0.714. The van der Waals surface area contributed by atoms with Gasteiger partial charge in [-0.3, -0.25) is 4.79 Å². The van der Waals surface area contributed by atoms with Gasteiger partial charge in [0.2, 0.25) is 5.91 Å². The van der Waals surface area contributed by atoms with Crippen LogP contribution in [-0.2, 0) is 19.4 Å². The number of hydrogen-bond donors (Lipinski definition) is 0. The summed E-state index contributed by atoms with van der Waals surface area (Å²) in [6, 6.07) is 0. The summed E-state index contributed by atoms with van der Waals surface area (Å²) in [4.78, 5) is 24.8. The molecule has 2 rings (SSSR count). The molecule has 0 bridgehead atoms. The van der Waals surface area contributed by atoms with E-state index in [1.807, 2.05) is 0 Å². The van der Waals surface area contributed by atoms with Crippen LogP contribution < -0.4 is 0 Å². The standard InChI is InChI=1S/C14H22N2O5S/c1-14(2,3)21-13(18)16-8-5-4-7-15(16)12(17)11-6-9-22(19,20)10-11/h4-5,11H,6-10H2,1-3H3. The van der Waals surface area contributed by atoms with Crippen molar-refractivity contribution < 1.29 is 22.7 Å². The summed E-state index contributed by atoms with van der Waals surface area (Å²) >= 11 is 0. The Bertz CT molecular complexity index is 591. The molecule has 1 unspecified atom stereocenters. The highest BCUT2D eigenvalue weighted by Gasteiger charge is 2.39. The Hall–Kier alpha value is -1.57. The lowest BCUT2D eigenvalue weighted by atomic mass is 10.1. The van der Waals surface area contributed by atoms with Crippen LogP contribution in [-0.4, -0.2) is 60.6 Å². The first-order chi connectivity index (χ1) is 10.1. The Kier molecular flexibility index (Phi) is 4.51. The molecule has 0 aromatic heterocycles. The SMILES string of the molecule is CC(C)(C)OC(=O)N1CC=CCN1C(=O)C1CCS(=O)(=O)C1. The minimum Gasteiger partial charge on any atom is -0.442 e. The first-order valence-electron chi connectivity index (χ1n) is 7.26. The molecule has 1 saturated heterocycles. The molecule has 1 fully saturated rings. The maximum atomic E-state index is 12.5. The van der Waals surface area contributed by atoms with Crippen LogP contribution in [0.3, 0.4) is 0 Å². The van der Waals surface area contributed by atoms with Crippen LogP contribution in [0.1, 0.15) is 27.2 Å². The van der Waals surface area contributed by atoms with Crippen molar-refractivity contribution in [1.82, 2.24) is 10.0 Å². The van der Waals surface area contributed by atoms with Crippen molar-refractivity contribution in [2.45, 2.75) is 32.8 Å². The van der Waals surface area contributed by atoms with Crippen molar-refractivity contribution >= 4 is 21.8 Å². The monoisotopic (exact) mass is 330 g/mol. The second-order valence-electron chi connectivity index (χ2n) is 6.55. The van der Waals surface area contributed by atoms with Crippen molar-refractivity contribution in [3.63, 3.8) is 0 Å². The summed E-state index contributed by atoms with van der Waals surface area (Å²) in [6.07, 6.45) is 3.26. The van der Waals surface area contributed by atoms with Crippen LogP contribution >= 0.6 is 0 Å². The molecule has 0 aromatic carbocycles. The zero-order valence-electron chi connectivity index (χ0n) is 13.1. The normalized spacial score (nSPS) is 24.4. The molecular weight excluding hydrogens is 308 g/mol. The van der Waals surface area contributed by atoms with Crippen LogP contribution in [0.5, 0.6) is 0 Å². The number of carbonyl (C=O) groups is 2. The van der Waals surface area contributed by atoms with Crippen molar-refractivity contribution in [1.29, 1.82) is 0 Å². The van der Waals surface area contributed by atoms with Crippen LogP contribution in [0.15, 0.2) is 12.2 Å². The first-order valence-corrected chi connectivity index (χ1v) is 9.08. The van der Waals surface area contributed by atoms with Crippen LogP contribution in [0, 0.1) is 5.92 Å². The third-order valence-electron chi connectivity index (χ3n) is 3.46. The molecule has 2 aliphatic heterocycles. The number of sulfone groups is 1. The molecule has 2 heterocycles. The molecule has 0 N–H and O–H groups in total. The highest BCUT2D eigenvalue weighted by Crippen LogP contribution is 2.23. The molecule has 1 atom stereocenters. The van der Waals surface area contributed by atoms with Crippen LogP contribution in [0.2, 0.25) is 0 Å². The van der Waals surface area contributed by atoms with E-state index in [0.717, 1.165) is 0 Å². The molecule has 0 spiro atoms. The Morgan fingerprint density at radius 1 is 1.14 bits per heavy atom. The van der Waals surface area contributed by atoms with Crippen molar-refractivity contribution in [3.05, 3.63) is 12.2 Å². The van der Waals surface area contributed by atoms with Crippen LogP contribution in [0.25, 0.3) is 0 Å². The molecule has 0 radical (unpaired) electrons. The number of ether oxygens (including phenoxy) is 1. The van der Waals surface area contributed by atoms with Gasteiger partial charge in [0.15, 0.2) is 9.84 Å². The second-order valence-corrected chi connectivity index (χ2v) is 8.78. The number of hydrazine groups is 1. The Balaban J connectivity index is 2.12. The molecule has 2 aliphatic rings. The minimum atomic E-state index is -3.15. The summed E-state index contributed by atoms with van der Waals surface area (Å²) in [7, 11) is -3.15. The van der Waals surface area contributed by atoms with Gasteiger partial charge in [-0.05, 0) is 27.2 Å². The number of carbonyl (C=O) groups excluding carboxylic acids is 2. The van der Waals surface area contributed by atoms with Gasteiger partial charge < -0.3 is 4.74 Å². The maximum Gasteiger partial charge on any atom is 0.429 e. The zero-order valence-corrected chi connectivity index (χ0v) is 13.9. The van der Waals surface area contributed by atoms with Gasteiger partial charge in [-0.1, -0.05) is 12.2 Å². The topological polar surface area (TPSA) is 84.0 Å². The van der Waals surface area contributed by atoms with Gasteiger partial charge in [0.1, 0.15) is 5.60 Å². The van der Waals surface area contributed by atoms with E-state index < -0.39 is 27.4 Å². The van der Waals surface area contributed by atoms with Gasteiger partial charge in [0.25, 0.3) is 0 Å². The maximum absolute atomic E-state index is 12.5. The Labute approximate surface area is 130 Å². The van der Waals surface area contributed by atoms with E-state index >= 15 is 0 Å². The van der Waals surface area contributed by atoms with Crippen molar-refractivity contribution in [3.8, 4) is 0 Å². The third-order valence-corrected chi connectivity index (χ3v) is 5.22. The summed E-state index contributed by atoms with van der Waals surface area (Å²) < 4.78 is 28.4. The lowest BCUT2D eigenvalue weighted by molar-refractivity contribution is -0.150. The molecular formula is C14H22N2O5S. The Morgan fingerprint density at radius 2 is 1.73 bits per heavy atom. The smallest absolute Gasteiger partial charge is 0.429 e. The van der Waals surface area contributed by atoms with Gasteiger partial charge in [-0.2, -0.15) is 0 Å². The highest BCUT2D eigenvalue weighted by molar-refractivity contribution is 7.91. The predicted molar refractivity (Wildman–Crippen MR) is 80.6 cm³/mol. The molecule has 0 saturated carbocycles. The molecule has 22 heavy (non-hydrogen) atoms. The number of nitrogens with zero attached hydrogens (tertiary/aromatic N) is 2. The number of hydrogen-bond acceptors (Lipinski definition) is 5. The predicted octanol–water partition coefficient (Wildman–Crippen LogP) is 0.972. The largest absolute Gasteiger partial charge is 0.442 e. The highest BCUT2D eigenvalue weighted by atomic mass is 32.2. The van der Waals surface area contributed by atoms with Crippen LogP contribution in [0.4, 0.5) is 4.79 Å². The quantitative estimate of drug-likeness (QED) is 0.669. The molecule has 8 heteroatoms. The second kappa shape index (κ2) is 5.91. The molecule has 2 amide bonds. The fourth-order valence-electron chi connectivity index (χ4n) is 2.44. The van der Waals surface area contributed by atoms with E-state index in [-0.39, 0.29) is 30.5 Å². The zero-order chi connectivity index (χ0) is 16.5. The van der Waals surface area contributed by atoms with Gasteiger partial charge >= 0.3 is 6.09 Å².